The molecule has 0 aromatic carbocycles. The van der Waals surface area contributed by atoms with Crippen molar-refractivity contribution in [1.29, 1.82) is 0 Å². The molecule has 0 bridgehead atoms. The highest BCUT2D eigenvalue weighted by atomic mass is 32.2. The van der Waals surface area contributed by atoms with Crippen molar-refractivity contribution in [2.75, 3.05) is 0 Å². The van der Waals surface area contributed by atoms with Gasteiger partial charge in [-0.05, 0) is 19.3 Å². The average molecular weight is 421 g/mol. The Morgan fingerprint density at radius 2 is 1.36 bits per heavy atom. The third-order valence-corrected chi connectivity index (χ3v) is 5.61. The second kappa shape index (κ2) is 15.5. The summed E-state index contributed by atoms with van der Waals surface area (Å²) in [6.45, 7) is 3.64. The first-order valence-corrected chi connectivity index (χ1v) is 11.8. The summed E-state index contributed by atoms with van der Waals surface area (Å²) in [5, 5.41) is 8.91. The van der Waals surface area contributed by atoms with Crippen molar-refractivity contribution in [3.63, 3.8) is 0 Å². The lowest BCUT2D eigenvalue weighted by atomic mass is 10.0. The molecule has 1 unspecified atom stereocenters. The topological polar surface area (TPSA) is 118 Å². The number of carboxylic acid groups (broad SMARTS) is 1. The highest BCUT2D eigenvalue weighted by Gasteiger charge is 2.26. The van der Waals surface area contributed by atoms with E-state index in [2.05, 4.69) is 6.92 Å². The van der Waals surface area contributed by atoms with E-state index in [0.29, 0.717) is 6.42 Å². The highest BCUT2D eigenvalue weighted by molar-refractivity contribution is 7.86. The van der Waals surface area contributed by atoms with E-state index < -0.39 is 27.5 Å². The Bertz CT molecular complexity index is 581. The van der Waals surface area contributed by atoms with Crippen LogP contribution in [0.1, 0.15) is 97.3 Å². The van der Waals surface area contributed by atoms with E-state index in [1.54, 1.807) is 0 Å². The molecule has 0 aliphatic heterocycles. The fraction of sp³-hybridized carbons (Fsp3) is 0.800. The zero-order chi connectivity index (χ0) is 21.4. The van der Waals surface area contributed by atoms with E-state index in [-0.39, 0.29) is 18.4 Å². The largest absolute Gasteiger partial charge is 0.478 e. The van der Waals surface area contributed by atoms with Crippen molar-refractivity contribution in [2.24, 2.45) is 0 Å². The minimum atomic E-state index is -4.54. The van der Waals surface area contributed by atoms with Crippen LogP contribution in [-0.4, -0.2) is 35.5 Å². The van der Waals surface area contributed by atoms with Gasteiger partial charge in [0.05, 0.1) is 0 Å². The number of aliphatic carboxylic acids is 1. The molecule has 0 radical (unpaired) electrons. The maximum absolute atomic E-state index is 12.1. The van der Waals surface area contributed by atoms with Crippen LogP contribution < -0.4 is 0 Å². The van der Waals surface area contributed by atoms with Crippen LogP contribution in [0, 0.1) is 0 Å². The van der Waals surface area contributed by atoms with Crippen molar-refractivity contribution < 1.29 is 32.4 Å². The second-order valence-electron chi connectivity index (χ2n) is 7.05. The Labute approximate surface area is 169 Å². The maximum Gasteiger partial charge on any atom is 0.335 e. The molecule has 0 aromatic rings. The van der Waals surface area contributed by atoms with Gasteiger partial charge in [0, 0.05) is 11.6 Å². The first kappa shape index (κ1) is 26.6. The number of hydrogen-bond acceptors (Lipinski definition) is 5. The highest BCUT2D eigenvalue weighted by Crippen LogP contribution is 2.17. The SMILES string of the molecule is CCCCCCCCCCCCCC(=CC(=O)O)C(=O)OC(CC)S(=O)(=O)O. The molecule has 0 aromatic heterocycles. The van der Waals surface area contributed by atoms with Gasteiger partial charge < -0.3 is 9.84 Å². The van der Waals surface area contributed by atoms with Gasteiger partial charge in [0.25, 0.3) is 0 Å². The van der Waals surface area contributed by atoms with Gasteiger partial charge in [-0.2, -0.15) is 8.42 Å². The fourth-order valence-electron chi connectivity index (χ4n) is 2.91. The molecule has 1 atom stereocenters. The van der Waals surface area contributed by atoms with Gasteiger partial charge in [-0.25, -0.2) is 9.59 Å². The Morgan fingerprint density at radius 1 is 0.893 bits per heavy atom. The number of esters is 1. The lowest BCUT2D eigenvalue weighted by Gasteiger charge is -2.14. The van der Waals surface area contributed by atoms with E-state index in [1.807, 2.05) is 0 Å². The Morgan fingerprint density at radius 3 is 1.75 bits per heavy atom. The molecule has 0 saturated heterocycles. The normalized spacial score (nSPS) is 13.3. The first-order valence-electron chi connectivity index (χ1n) is 10.3. The number of unbranched alkanes of at least 4 members (excludes halogenated alkanes) is 10. The predicted octanol–water partition coefficient (Wildman–Crippen LogP) is 4.87. The number of carboxylic acids is 1. The fourth-order valence-corrected chi connectivity index (χ4v) is 3.54. The van der Waals surface area contributed by atoms with Crippen molar-refractivity contribution in [1.82, 2.24) is 0 Å². The number of ether oxygens (including phenoxy) is 1. The van der Waals surface area contributed by atoms with Gasteiger partial charge >= 0.3 is 22.1 Å². The van der Waals surface area contributed by atoms with Crippen molar-refractivity contribution in [3.05, 3.63) is 11.6 Å². The minimum absolute atomic E-state index is 0.0921. The van der Waals surface area contributed by atoms with Crippen LogP contribution in [-0.2, 0) is 24.4 Å². The van der Waals surface area contributed by atoms with Gasteiger partial charge in [0.1, 0.15) is 0 Å². The van der Waals surface area contributed by atoms with E-state index in [4.69, 9.17) is 14.4 Å². The summed E-state index contributed by atoms with van der Waals surface area (Å²) in [6.07, 6.45) is 13.2. The zero-order valence-electron chi connectivity index (χ0n) is 17.2. The number of rotatable bonds is 17. The summed E-state index contributed by atoms with van der Waals surface area (Å²) in [7, 11) is -4.54. The lowest BCUT2D eigenvalue weighted by Crippen LogP contribution is -2.27. The molecule has 0 saturated carbocycles. The van der Waals surface area contributed by atoms with Crippen LogP contribution in [0.4, 0.5) is 0 Å². The summed E-state index contributed by atoms with van der Waals surface area (Å²) < 4.78 is 36.1. The second-order valence-corrected chi connectivity index (χ2v) is 8.61. The van der Waals surface area contributed by atoms with Crippen LogP contribution in [0.2, 0.25) is 0 Å². The van der Waals surface area contributed by atoms with Crippen LogP contribution in [0.15, 0.2) is 11.6 Å². The molecular formula is C20H36O7S. The third-order valence-electron chi connectivity index (χ3n) is 4.51. The van der Waals surface area contributed by atoms with Crippen LogP contribution >= 0.6 is 0 Å². The summed E-state index contributed by atoms with van der Waals surface area (Å²) in [5.41, 5.74) is -1.78. The average Bonchev–Trinajstić information content (AvgIpc) is 2.61. The van der Waals surface area contributed by atoms with Gasteiger partial charge in [-0.1, -0.05) is 78.1 Å². The smallest absolute Gasteiger partial charge is 0.335 e. The standard InChI is InChI=1S/C20H36O7S/c1-3-5-6-7-8-9-10-11-12-13-14-15-17(16-18(21)22)20(23)27-19(4-2)28(24,25)26/h16,19H,3-15H2,1-2H3,(H,21,22)(H,24,25,26). The van der Waals surface area contributed by atoms with Gasteiger partial charge in [0.2, 0.25) is 5.44 Å². The van der Waals surface area contributed by atoms with E-state index >= 15 is 0 Å². The summed E-state index contributed by atoms with van der Waals surface area (Å²) in [5.74, 6) is -2.31. The Kier molecular flexibility index (Phi) is 14.7. The maximum atomic E-state index is 12.1. The molecule has 8 heteroatoms. The minimum Gasteiger partial charge on any atom is -0.478 e. The number of hydrogen-bond donors (Lipinski definition) is 2. The summed E-state index contributed by atoms with van der Waals surface area (Å²) in [6, 6.07) is 0. The van der Waals surface area contributed by atoms with Gasteiger partial charge in [-0.15, -0.1) is 0 Å². The van der Waals surface area contributed by atoms with Gasteiger partial charge in [-0.3, -0.25) is 4.55 Å². The Balaban J connectivity index is 4.21. The predicted molar refractivity (Wildman–Crippen MR) is 109 cm³/mol. The van der Waals surface area contributed by atoms with Crippen molar-refractivity contribution in [3.8, 4) is 0 Å². The molecule has 0 rings (SSSR count). The Hall–Kier alpha value is -1.41. The summed E-state index contributed by atoms with van der Waals surface area (Å²) in [4.78, 5) is 23.0. The molecule has 164 valence electrons. The molecule has 0 heterocycles. The van der Waals surface area contributed by atoms with Gasteiger partial charge in [0.15, 0.2) is 0 Å². The van der Waals surface area contributed by atoms with Crippen LogP contribution in [0.5, 0.6) is 0 Å². The molecule has 2 N–H and O–H groups in total. The molecule has 28 heavy (non-hydrogen) atoms. The zero-order valence-corrected chi connectivity index (χ0v) is 18.0. The molecule has 0 spiro atoms. The third kappa shape index (κ3) is 13.7. The molecule has 0 amide bonds. The summed E-state index contributed by atoms with van der Waals surface area (Å²) >= 11 is 0. The molecule has 0 fully saturated rings. The molecule has 0 aliphatic carbocycles. The van der Waals surface area contributed by atoms with Crippen molar-refractivity contribution >= 4 is 22.1 Å². The quantitative estimate of drug-likeness (QED) is 0.149. The molecule has 0 aliphatic rings. The number of carbonyl (C=O) groups excluding carboxylic acids is 1. The first-order chi connectivity index (χ1) is 13.2. The monoisotopic (exact) mass is 420 g/mol. The van der Waals surface area contributed by atoms with E-state index in [9.17, 15) is 18.0 Å². The van der Waals surface area contributed by atoms with E-state index in [0.717, 1.165) is 25.3 Å². The molecular weight excluding hydrogens is 384 g/mol. The van der Waals surface area contributed by atoms with E-state index in [1.165, 1.54) is 51.9 Å². The lowest BCUT2D eigenvalue weighted by molar-refractivity contribution is -0.142. The number of carbonyl (C=O) groups is 2. The van der Waals surface area contributed by atoms with Crippen molar-refractivity contribution in [2.45, 2.75) is 103 Å². The molecule has 7 nitrogen and oxygen atoms in total. The van der Waals surface area contributed by atoms with Crippen LogP contribution in [0.3, 0.4) is 0 Å². The van der Waals surface area contributed by atoms with Crippen LogP contribution in [0.25, 0.3) is 0 Å².